The number of hydrogen-bond donors (Lipinski definition) is 1. The van der Waals surface area contributed by atoms with Crippen LogP contribution in [0.1, 0.15) is 19.8 Å². The molecule has 1 heterocycles. The highest BCUT2D eigenvalue weighted by molar-refractivity contribution is 5.59. The summed E-state index contributed by atoms with van der Waals surface area (Å²) in [6.45, 7) is 3.20. The molecule has 0 aliphatic carbocycles. The van der Waals surface area contributed by atoms with Crippen LogP contribution in [-0.2, 0) is 0 Å². The molecule has 1 N–H and O–H groups in total. The summed E-state index contributed by atoms with van der Waals surface area (Å²) in [7, 11) is 6.12. The molecule has 0 bridgehead atoms. The first-order chi connectivity index (χ1) is 10.6. The standard InChI is InChI=1S/C17H25N5/c1-5-6-13-22(4)16-11-12-18-17(20-16)19-14-7-9-15(10-8-14)21(2)3/h7-12H,5-6,13H2,1-4H3,(H,18,19,20). The Labute approximate surface area is 133 Å². The molecule has 5 heteroatoms. The molecule has 2 aromatic rings. The van der Waals surface area contributed by atoms with Crippen LogP contribution >= 0.6 is 0 Å². The first kappa shape index (κ1) is 16.1. The quantitative estimate of drug-likeness (QED) is 0.847. The summed E-state index contributed by atoms with van der Waals surface area (Å²) in [6, 6.07) is 10.1. The zero-order chi connectivity index (χ0) is 15.9. The van der Waals surface area contributed by atoms with E-state index in [1.165, 1.54) is 12.1 Å². The molecular formula is C17H25N5. The Kier molecular flexibility index (Phi) is 5.58. The molecule has 0 fully saturated rings. The minimum Gasteiger partial charge on any atom is -0.378 e. The number of rotatable bonds is 7. The van der Waals surface area contributed by atoms with Gasteiger partial charge in [-0.3, -0.25) is 0 Å². The van der Waals surface area contributed by atoms with Crippen LogP contribution in [0.2, 0.25) is 0 Å². The third kappa shape index (κ3) is 4.35. The minimum absolute atomic E-state index is 0.624. The summed E-state index contributed by atoms with van der Waals surface area (Å²) in [4.78, 5) is 13.1. The van der Waals surface area contributed by atoms with Gasteiger partial charge in [0.05, 0.1) is 0 Å². The molecule has 22 heavy (non-hydrogen) atoms. The van der Waals surface area contributed by atoms with Crippen molar-refractivity contribution in [2.24, 2.45) is 0 Å². The van der Waals surface area contributed by atoms with Crippen LogP contribution in [-0.4, -0.2) is 37.7 Å². The Bertz CT molecular complexity index is 580. The topological polar surface area (TPSA) is 44.3 Å². The van der Waals surface area contributed by atoms with E-state index >= 15 is 0 Å². The van der Waals surface area contributed by atoms with Gasteiger partial charge in [0, 0.05) is 45.3 Å². The molecule has 0 spiro atoms. The lowest BCUT2D eigenvalue weighted by atomic mass is 10.2. The van der Waals surface area contributed by atoms with Gasteiger partial charge in [0.2, 0.25) is 5.95 Å². The molecule has 5 nitrogen and oxygen atoms in total. The zero-order valence-corrected chi connectivity index (χ0v) is 13.9. The van der Waals surface area contributed by atoms with Crippen molar-refractivity contribution in [1.29, 1.82) is 0 Å². The maximum absolute atomic E-state index is 4.57. The minimum atomic E-state index is 0.624. The highest BCUT2D eigenvalue weighted by atomic mass is 15.2. The number of hydrogen-bond acceptors (Lipinski definition) is 5. The van der Waals surface area contributed by atoms with Crippen molar-refractivity contribution in [2.45, 2.75) is 19.8 Å². The Morgan fingerprint density at radius 3 is 2.41 bits per heavy atom. The molecule has 0 aliphatic rings. The zero-order valence-electron chi connectivity index (χ0n) is 13.9. The summed E-state index contributed by atoms with van der Waals surface area (Å²) in [5.74, 6) is 1.56. The van der Waals surface area contributed by atoms with Crippen molar-refractivity contribution in [2.75, 3.05) is 42.8 Å². The van der Waals surface area contributed by atoms with Gasteiger partial charge < -0.3 is 15.1 Å². The van der Waals surface area contributed by atoms with Crippen LogP contribution in [0.5, 0.6) is 0 Å². The number of aromatic nitrogens is 2. The van der Waals surface area contributed by atoms with E-state index in [1.807, 2.05) is 32.3 Å². The molecule has 0 saturated heterocycles. The number of benzene rings is 1. The highest BCUT2D eigenvalue weighted by Gasteiger charge is 2.05. The maximum atomic E-state index is 4.57. The van der Waals surface area contributed by atoms with Crippen LogP contribution in [0.25, 0.3) is 0 Å². The number of nitrogens with one attached hydrogen (secondary N) is 1. The Hall–Kier alpha value is -2.30. The fourth-order valence-corrected chi connectivity index (χ4v) is 2.10. The van der Waals surface area contributed by atoms with Crippen molar-refractivity contribution in [1.82, 2.24) is 9.97 Å². The van der Waals surface area contributed by atoms with Gasteiger partial charge in [-0.25, -0.2) is 4.98 Å². The van der Waals surface area contributed by atoms with Crippen LogP contribution in [0.15, 0.2) is 36.5 Å². The number of unbranched alkanes of at least 4 members (excludes halogenated alkanes) is 1. The summed E-state index contributed by atoms with van der Waals surface area (Å²) >= 11 is 0. The predicted molar refractivity (Wildman–Crippen MR) is 94.3 cm³/mol. The van der Waals surface area contributed by atoms with Gasteiger partial charge in [-0.1, -0.05) is 13.3 Å². The molecule has 0 amide bonds. The monoisotopic (exact) mass is 299 g/mol. The molecule has 0 aliphatic heterocycles. The van der Waals surface area contributed by atoms with Gasteiger partial charge in [0.1, 0.15) is 5.82 Å². The van der Waals surface area contributed by atoms with Gasteiger partial charge in [-0.2, -0.15) is 4.98 Å². The smallest absolute Gasteiger partial charge is 0.229 e. The Morgan fingerprint density at radius 2 is 1.77 bits per heavy atom. The first-order valence-corrected chi connectivity index (χ1v) is 7.68. The highest BCUT2D eigenvalue weighted by Crippen LogP contribution is 2.19. The lowest BCUT2D eigenvalue weighted by molar-refractivity contribution is 0.759. The van der Waals surface area contributed by atoms with E-state index in [9.17, 15) is 0 Å². The summed E-state index contributed by atoms with van der Waals surface area (Å²) in [5, 5.41) is 3.25. The van der Waals surface area contributed by atoms with Gasteiger partial charge in [0.25, 0.3) is 0 Å². The van der Waals surface area contributed by atoms with Crippen LogP contribution in [0, 0.1) is 0 Å². The molecular weight excluding hydrogens is 274 g/mol. The van der Waals surface area contributed by atoms with Crippen LogP contribution < -0.4 is 15.1 Å². The van der Waals surface area contributed by atoms with Gasteiger partial charge in [-0.15, -0.1) is 0 Å². The van der Waals surface area contributed by atoms with E-state index < -0.39 is 0 Å². The molecule has 2 rings (SSSR count). The maximum Gasteiger partial charge on any atom is 0.229 e. The molecule has 1 aromatic carbocycles. The summed E-state index contributed by atoms with van der Waals surface area (Å²) in [6.07, 6.45) is 4.13. The van der Waals surface area contributed by atoms with Crippen molar-refractivity contribution in [3.05, 3.63) is 36.5 Å². The Balaban J connectivity index is 2.06. The van der Waals surface area contributed by atoms with Crippen molar-refractivity contribution >= 4 is 23.1 Å². The number of anilines is 4. The van der Waals surface area contributed by atoms with Crippen LogP contribution in [0.3, 0.4) is 0 Å². The largest absolute Gasteiger partial charge is 0.378 e. The second kappa shape index (κ2) is 7.64. The van der Waals surface area contributed by atoms with Gasteiger partial charge in [-0.05, 0) is 36.8 Å². The average Bonchev–Trinajstić information content (AvgIpc) is 2.53. The molecule has 0 atom stereocenters. The van der Waals surface area contributed by atoms with E-state index in [1.54, 1.807) is 6.20 Å². The number of nitrogens with zero attached hydrogens (tertiary/aromatic N) is 4. The lowest BCUT2D eigenvalue weighted by Gasteiger charge is -2.18. The normalized spacial score (nSPS) is 10.4. The van der Waals surface area contributed by atoms with E-state index in [0.29, 0.717) is 5.95 Å². The first-order valence-electron chi connectivity index (χ1n) is 7.68. The fraction of sp³-hybridized carbons (Fsp3) is 0.412. The SMILES string of the molecule is CCCCN(C)c1ccnc(Nc2ccc(N(C)C)cc2)n1. The molecule has 0 radical (unpaired) electrons. The van der Waals surface area contributed by atoms with E-state index in [0.717, 1.165) is 24.5 Å². The third-order valence-electron chi connectivity index (χ3n) is 3.52. The lowest BCUT2D eigenvalue weighted by Crippen LogP contribution is -2.19. The van der Waals surface area contributed by atoms with Crippen molar-refractivity contribution < 1.29 is 0 Å². The van der Waals surface area contributed by atoms with Crippen molar-refractivity contribution in [3.8, 4) is 0 Å². The van der Waals surface area contributed by atoms with E-state index in [4.69, 9.17) is 0 Å². The van der Waals surface area contributed by atoms with E-state index in [2.05, 4.69) is 51.2 Å². The average molecular weight is 299 g/mol. The molecule has 118 valence electrons. The second-order valence-electron chi connectivity index (χ2n) is 5.58. The second-order valence-corrected chi connectivity index (χ2v) is 5.58. The summed E-state index contributed by atoms with van der Waals surface area (Å²) < 4.78 is 0. The molecule has 1 aromatic heterocycles. The molecule has 0 saturated carbocycles. The molecule has 0 unspecified atom stereocenters. The predicted octanol–water partition coefficient (Wildman–Crippen LogP) is 3.52. The fourth-order valence-electron chi connectivity index (χ4n) is 2.10. The van der Waals surface area contributed by atoms with Crippen molar-refractivity contribution in [3.63, 3.8) is 0 Å². The van der Waals surface area contributed by atoms with Gasteiger partial charge in [0.15, 0.2) is 0 Å². The summed E-state index contributed by atoms with van der Waals surface area (Å²) in [5.41, 5.74) is 2.15. The van der Waals surface area contributed by atoms with E-state index in [-0.39, 0.29) is 0 Å². The van der Waals surface area contributed by atoms with Crippen LogP contribution in [0.4, 0.5) is 23.1 Å². The third-order valence-corrected chi connectivity index (χ3v) is 3.52. The Morgan fingerprint density at radius 1 is 1.05 bits per heavy atom. The van der Waals surface area contributed by atoms with Gasteiger partial charge >= 0.3 is 0 Å².